The van der Waals surface area contributed by atoms with Gasteiger partial charge in [0.15, 0.2) is 0 Å². The van der Waals surface area contributed by atoms with Crippen molar-refractivity contribution in [3.8, 4) is 22.5 Å². The number of benzene rings is 3. The standard InChI is InChI=1S/C45H66N2O/c1-5-7-9-11-13-15-17-19-21-26-30-46-41-34-43-39(32-36(41)3)45(38-28-24-23-25-29-38)40-33-37(4)42(35-44(40)48-43)47-31-27-22-20-18-16-14-12-10-8-6-2/h23-25,28-29,32-35,46H,5-22,26-27,30-31H2,1-4H3/b47-42-. The van der Waals surface area contributed by atoms with E-state index in [2.05, 4.69) is 87.6 Å². The molecular weight excluding hydrogens is 585 g/mol. The molecule has 2 aromatic carbocycles. The highest BCUT2D eigenvalue weighted by Gasteiger charge is 2.19. The molecule has 3 nitrogen and oxygen atoms in total. The molecule has 0 radical (unpaired) electrons. The maximum absolute atomic E-state index is 6.71. The average molecular weight is 651 g/mol. The largest absolute Gasteiger partial charge is 0.456 e. The van der Waals surface area contributed by atoms with Crippen molar-refractivity contribution in [3.63, 3.8) is 0 Å². The van der Waals surface area contributed by atoms with Gasteiger partial charge in [-0.3, -0.25) is 4.99 Å². The smallest absolute Gasteiger partial charge is 0.137 e. The number of unbranched alkanes of at least 4 members (excludes halogenated alkanes) is 18. The maximum Gasteiger partial charge on any atom is 0.137 e. The van der Waals surface area contributed by atoms with Crippen molar-refractivity contribution in [2.45, 2.75) is 156 Å². The van der Waals surface area contributed by atoms with Gasteiger partial charge in [0.05, 0.1) is 5.36 Å². The van der Waals surface area contributed by atoms with Crippen LogP contribution in [0.15, 0.2) is 64.0 Å². The van der Waals surface area contributed by atoms with Gasteiger partial charge in [-0.05, 0) is 55.5 Å². The lowest BCUT2D eigenvalue weighted by Gasteiger charge is -2.18. The van der Waals surface area contributed by atoms with Crippen molar-refractivity contribution in [3.05, 3.63) is 71.1 Å². The van der Waals surface area contributed by atoms with Crippen LogP contribution < -0.4 is 10.7 Å². The number of nitrogens with one attached hydrogen (secondary N) is 1. The van der Waals surface area contributed by atoms with E-state index in [9.17, 15) is 0 Å². The van der Waals surface area contributed by atoms with E-state index >= 15 is 0 Å². The van der Waals surface area contributed by atoms with Gasteiger partial charge in [0.1, 0.15) is 11.3 Å². The van der Waals surface area contributed by atoms with Gasteiger partial charge in [-0.1, -0.05) is 160 Å². The second-order valence-corrected chi connectivity index (χ2v) is 14.3. The fraction of sp³-hybridized carbons (Fsp3) is 0.578. The lowest BCUT2D eigenvalue weighted by Crippen LogP contribution is -2.09. The van der Waals surface area contributed by atoms with Crippen LogP contribution in [-0.4, -0.2) is 13.1 Å². The molecule has 0 aromatic heterocycles. The Morgan fingerprint density at radius 1 is 0.583 bits per heavy atom. The molecule has 4 rings (SSSR count). The lowest BCUT2D eigenvalue weighted by atomic mass is 9.91. The first kappa shape index (κ1) is 37.7. The summed E-state index contributed by atoms with van der Waals surface area (Å²) >= 11 is 0. The topological polar surface area (TPSA) is 37.5 Å². The molecule has 0 fully saturated rings. The predicted octanol–water partition coefficient (Wildman–Crippen LogP) is 14.0. The monoisotopic (exact) mass is 651 g/mol. The lowest BCUT2D eigenvalue weighted by molar-refractivity contribution is 0.557. The molecule has 1 heterocycles. The van der Waals surface area contributed by atoms with Crippen molar-refractivity contribution < 1.29 is 4.42 Å². The molecular formula is C45H66N2O. The molecule has 1 N–H and O–H groups in total. The van der Waals surface area contributed by atoms with Crippen molar-refractivity contribution >= 4 is 16.7 Å². The fourth-order valence-electron chi connectivity index (χ4n) is 7.10. The second-order valence-electron chi connectivity index (χ2n) is 14.3. The third-order valence-electron chi connectivity index (χ3n) is 10.1. The minimum Gasteiger partial charge on any atom is -0.456 e. The van der Waals surface area contributed by atoms with E-state index in [-0.39, 0.29) is 0 Å². The maximum atomic E-state index is 6.71. The molecule has 3 heteroatoms. The first-order valence-electron chi connectivity index (χ1n) is 19.9. The fourth-order valence-corrected chi connectivity index (χ4v) is 7.10. The van der Waals surface area contributed by atoms with Crippen LogP contribution in [0.1, 0.15) is 153 Å². The number of nitrogens with zero attached hydrogens (tertiary/aromatic N) is 1. The quantitative estimate of drug-likeness (QED) is 0.0605. The number of hydrogen-bond acceptors (Lipinski definition) is 3. The van der Waals surface area contributed by atoms with E-state index in [4.69, 9.17) is 9.41 Å². The third kappa shape index (κ3) is 12.1. The van der Waals surface area contributed by atoms with Gasteiger partial charge in [-0.25, -0.2) is 0 Å². The Kier molecular flexibility index (Phi) is 17.1. The molecule has 0 saturated heterocycles. The summed E-state index contributed by atoms with van der Waals surface area (Å²) in [5.74, 6) is 0.915. The first-order valence-corrected chi connectivity index (χ1v) is 19.9. The summed E-state index contributed by atoms with van der Waals surface area (Å²) in [7, 11) is 0. The van der Waals surface area contributed by atoms with Crippen molar-refractivity contribution in [1.82, 2.24) is 0 Å². The SMILES string of the molecule is CCCCCCCCCCCC/N=c1/cc2oc3cc(NCCCCCCCCCCCC)c(C)cc3c(-c3ccccc3)c-2cc1C. The van der Waals surface area contributed by atoms with Crippen LogP contribution in [0.5, 0.6) is 0 Å². The van der Waals surface area contributed by atoms with Crippen LogP contribution in [0, 0.1) is 13.8 Å². The van der Waals surface area contributed by atoms with E-state index < -0.39 is 0 Å². The molecule has 0 atom stereocenters. The Balaban J connectivity index is 1.42. The molecule has 0 spiro atoms. The van der Waals surface area contributed by atoms with Crippen LogP contribution >= 0.6 is 0 Å². The van der Waals surface area contributed by atoms with E-state index in [1.54, 1.807) is 0 Å². The first-order chi connectivity index (χ1) is 23.6. The van der Waals surface area contributed by atoms with E-state index in [0.29, 0.717) is 0 Å². The second kappa shape index (κ2) is 21.8. The summed E-state index contributed by atoms with van der Waals surface area (Å²) in [5.41, 5.74) is 8.23. The van der Waals surface area contributed by atoms with Gasteiger partial charge in [-0.15, -0.1) is 0 Å². The highest BCUT2D eigenvalue weighted by molar-refractivity contribution is 6.03. The number of anilines is 1. The number of aryl methyl sites for hydroxylation is 2. The molecule has 48 heavy (non-hydrogen) atoms. The van der Waals surface area contributed by atoms with Crippen LogP contribution in [0.3, 0.4) is 0 Å². The van der Waals surface area contributed by atoms with Gasteiger partial charge in [0.25, 0.3) is 0 Å². The molecule has 0 bridgehead atoms. The van der Waals surface area contributed by atoms with Crippen molar-refractivity contribution in [1.29, 1.82) is 0 Å². The van der Waals surface area contributed by atoms with Gasteiger partial charge >= 0.3 is 0 Å². The van der Waals surface area contributed by atoms with Gasteiger partial charge < -0.3 is 9.73 Å². The zero-order valence-electron chi connectivity index (χ0n) is 31.1. The van der Waals surface area contributed by atoms with Gasteiger partial charge in [0, 0.05) is 47.4 Å². The molecule has 0 saturated carbocycles. The molecule has 0 unspecified atom stereocenters. The van der Waals surface area contributed by atoms with E-state index in [0.717, 1.165) is 41.8 Å². The zero-order chi connectivity index (χ0) is 33.8. The van der Waals surface area contributed by atoms with Crippen LogP contribution in [0.2, 0.25) is 0 Å². The third-order valence-corrected chi connectivity index (χ3v) is 10.1. The molecule has 1 aliphatic heterocycles. The number of rotatable bonds is 24. The van der Waals surface area contributed by atoms with Crippen molar-refractivity contribution in [2.24, 2.45) is 4.99 Å². The Morgan fingerprint density at radius 2 is 1.15 bits per heavy atom. The summed E-state index contributed by atoms with van der Waals surface area (Å²) in [6.07, 6.45) is 27.1. The van der Waals surface area contributed by atoms with E-state index in [1.807, 2.05) is 0 Å². The zero-order valence-corrected chi connectivity index (χ0v) is 31.1. The Bertz CT molecular complexity index is 1500. The number of hydrogen-bond donors (Lipinski definition) is 1. The van der Waals surface area contributed by atoms with Gasteiger partial charge in [-0.2, -0.15) is 0 Å². The Labute approximate surface area is 293 Å². The average Bonchev–Trinajstić information content (AvgIpc) is 3.09. The molecule has 2 aliphatic rings. The Hall–Kier alpha value is -3.07. The summed E-state index contributed by atoms with van der Waals surface area (Å²) < 4.78 is 6.71. The predicted molar refractivity (Wildman–Crippen MR) is 210 cm³/mol. The van der Waals surface area contributed by atoms with Crippen molar-refractivity contribution in [2.75, 3.05) is 18.4 Å². The molecule has 0 amide bonds. The summed E-state index contributed by atoms with van der Waals surface area (Å²) in [4.78, 5) is 5.06. The highest BCUT2D eigenvalue weighted by Crippen LogP contribution is 2.41. The normalized spacial score (nSPS) is 12.0. The Morgan fingerprint density at radius 3 is 1.75 bits per heavy atom. The molecule has 1 aliphatic carbocycles. The minimum absolute atomic E-state index is 0.883. The summed E-state index contributed by atoms with van der Waals surface area (Å²) in [5, 5.41) is 5.98. The van der Waals surface area contributed by atoms with Crippen LogP contribution in [-0.2, 0) is 0 Å². The molecule has 2 aromatic rings. The summed E-state index contributed by atoms with van der Waals surface area (Å²) in [6, 6.07) is 19.8. The van der Waals surface area contributed by atoms with Crippen LogP contribution in [0.4, 0.5) is 5.69 Å². The van der Waals surface area contributed by atoms with Crippen LogP contribution in [0.25, 0.3) is 33.4 Å². The van der Waals surface area contributed by atoms with Gasteiger partial charge in [0.2, 0.25) is 0 Å². The molecule has 262 valence electrons. The number of fused-ring (bicyclic) bond motifs is 2. The highest BCUT2D eigenvalue weighted by atomic mass is 16.3. The van der Waals surface area contributed by atoms with E-state index in [1.165, 1.54) is 155 Å². The summed E-state index contributed by atoms with van der Waals surface area (Å²) in [6.45, 7) is 10.9. The minimum atomic E-state index is 0.883.